The lowest BCUT2D eigenvalue weighted by molar-refractivity contribution is -0.165. The van der Waals surface area contributed by atoms with Gasteiger partial charge in [0.2, 0.25) is 0 Å². The summed E-state index contributed by atoms with van der Waals surface area (Å²) in [6, 6.07) is 0. The van der Waals surface area contributed by atoms with E-state index in [4.69, 9.17) is 0 Å². The number of rotatable bonds is 0. The predicted molar refractivity (Wildman–Crippen MR) is 36.0 cm³/mol. The van der Waals surface area contributed by atoms with Gasteiger partial charge in [0.1, 0.15) is 0 Å². The molecule has 0 saturated heterocycles. The molecule has 0 spiro atoms. The Morgan fingerprint density at radius 2 is 1.07 bits per heavy atom. The topological polar surface area (TPSA) is 31.6 Å². The summed E-state index contributed by atoms with van der Waals surface area (Å²) in [5, 5.41) is 0. The molecule has 0 aliphatic carbocycles. The fourth-order valence-electron chi connectivity index (χ4n) is 0.809. The maximum Gasteiger partial charge on any atom is 0.433 e. The lowest BCUT2D eigenvalue weighted by Gasteiger charge is -2.09. The molecule has 0 aliphatic heterocycles. The third-order valence-electron chi connectivity index (χ3n) is 1.29. The Morgan fingerprint density at radius 1 is 0.786 bits per heavy atom. The van der Waals surface area contributed by atoms with Gasteiger partial charge in [0, 0.05) is 0 Å². The predicted octanol–water partition coefficient (Wildman–Crippen LogP) is 3.11. The van der Waals surface area contributed by atoms with Gasteiger partial charge in [-0.3, -0.25) is 0 Å². The molecule has 0 unspecified atom stereocenters. The molecule has 14 heavy (non-hydrogen) atoms. The minimum absolute atomic E-state index is 0.718. The van der Waals surface area contributed by atoms with E-state index in [0.717, 1.165) is 0 Å². The Labute approximate surface area is 77.9 Å². The molecule has 1 heterocycles. The van der Waals surface area contributed by atoms with E-state index in [-0.39, 0.29) is 0 Å². The van der Waals surface area contributed by atoms with E-state index >= 15 is 0 Å². The number of hydrogen-bond acceptors (Lipinski definition) is 1. The standard InChI is InChI=1S/C5H2F6N2S/c6-4(7,8)1-2(5(9,10)11)13-3(14)12-1/h(H2,12,13,14). The highest BCUT2D eigenvalue weighted by Gasteiger charge is 2.45. The van der Waals surface area contributed by atoms with Crippen LogP contribution < -0.4 is 0 Å². The zero-order valence-electron chi connectivity index (χ0n) is 6.18. The first-order valence-electron chi connectivity index (χ1n) is 3.09. The first kappa shape index (κ1) is 11.1. The molecule has 80 valence electrons. The van der Waals surface area contributed by atoms with Crippen LogP contribution >= 0.6 is 12.2 Å². The van der Waals surface area contributed by atoms with Crippen LogP contribution in [0.5, 0.6) is 0 Å². The van der Waals surface area contributed by atoms with Crippen LogP contribution in [-0.4, -0.2) is 9.97 Å². The maximum atomic E-state index is 12.0. The fraction of sp³-hybridized carbons (Fsp3) is 0.400. The van der Waals surface area contributed by atoms with E-state index in [1.54, 1.807) is 0 Å². The van der Waals surface area contributed by atoms with E-state index in [2.05, 4.69) is 12.2 Å². The Kier molecular flexibility index (Phi) is 2.38. The molecule has 2 N–H and O–H groups in total. The van der Waals surface area contributed by atoms with Gasteiger partial charge in [-0.25, -0.2) is 0 Å². The highest BCUT2D eigenvalue weighted by atomic mass is 32.1. The smallest absolute Gasteiger partial charge is 0.327 e. The summed E-state index contributed by atoms with van der Waals surface area (Å²) < 4.78 is 71.2. The summed E-state index contributed by atoms with van der Waals surface area (Å²) in [5.74, 6) is 0. The van der Waals surface area contributed by atoms with Crippen LogP contribution in [0.4, 0.5) is 26.3 Å². The summed E-state index contributed by atoms with van der Waals surface area (Å²) in [6.45, 7) is 0. The van der Waals surface area contributed by atoms with E-state index in [9.17, 15) is 26.3 Å². The Morgan fingerprint density at radius 3 is 1.29 bits per heavy atom. The van der Waals surface area contributed by atoms with Crippen molar-refractivity contribution < 1.29 is 26.3 Å². The molecular formula is C5H2F6N2S. The summed E-state index contributed by atoms with van der Waals surface area (Å²) >= 11 is 4.15. The number of aromatic amines is 2. The van der Waals surface area contributed by atoms with Gasteiger partial charge in [-0.05, 0) is 12.2 Å². The largest absolute Gasteiger partial charge is 0.433 e. The van der Waals surface area contributed by atoms with Crippen LogP contribution in [0.3, 0.4) is 0 Å². The van der Waals surface area contributed by atoms with Crippen molar-refractivity contribution in [2.24, 2.45) is 0 Å². The molecule has 1 rings (SSSR count). The Balaban J connectivity index is 3.38. The monoisotopic (exact) mass is 236 g/mol. The molecule has 1 aromatic heterocycles. The van der Waals surface area contributed by atoms with Crippen molar-refractivity contribution in [3.63, 3.8) is 0 Å². The van der Waals surface area contributed by atoms with Gasteiger partial charge in [0.05, 0.1) is 0 Å². The third-order valence-corrected chi connectivity index (χ3v) is 1.50. The molecule has 0 atom stereocenters. The van der Waals surface area contributed by atoms with Crippen LogP contribution in [0, 0.1) is 4.77 Å². The SMILES string of the molecule is FC(F)(F)c1[nH]c(=S)[nH]c1C(F)(F)F. The van der Waals surface area contributed by atoms with Gasteiger partial charge in [0.25, 0.3) is 0 Å². The van der Waals surface area contributed by atoms with E-state index in [1.807, 2.05) is 0 Å². The zero-order valence-corrected chi connectivity index (χ0v) is 6.99. The molecule has 0 radical (unpaired) electrons. The second-order valence-corrected chi connectivity index (χ2v) is 2.73. The summed E-state index contributed by atoms with van der Waals surface area (Å²) in [7, 11) is 0. The Hall–Kier alpha value is -0.990. The molecular weight excluding hydrogens is 234 g/mol. The molecule has 1 aromatic rings. The number of halogens is 6. The van der Waals surface area contributed by atoms with Crippen molar-refractivity contribution in [3.05, 3.63) is 16.2 Å². The van der Waals surface area contributed by atoms with Crippen molar-refractivity contribution >= 4 is 12.2 Å². The fourth-order valence-corrected chi connectivity index (χ4v) is 1.01. The van der Waals surface area contributed by atoms with Crippen LogP contribution in [0.2, 0.25) is 0 Å². The van der Waals surface area contributed by atoms with Crippen molar-refractivity contribution in [2.45, 2.75) is 12.4 Å². The number of H-pyrrole nitrogens is 2. The molecule has 9 heteroatoms. The third kappa shape index (κ3) is 2.08. The van der Waals surface area contributed by atoms with Crippen LogP contribution in [0.15, 0.2) is 0 Å². The number of hydrogen-bond donors (Lipinski definition) is 2. The molecule has 0 fully saturated rings. The van der Waals surface area contributed by atoms with Gasteiger partial charge >= 0.3 is 12.4 Å². The van der Waals surface area contributed by atoms with Gasteiger partial charge in [0.15, 0.2) is 16.2 Å². The minimum atomic E-state index is -5.11. The van der Waals surface area contributed by atoms with Crippen LogP contribution in [0.1, 0.15) is 11.4 Å². The number of alkyl halides is 6. The second kappa shape index (κ2) is 3.01. The first-order chi connectivity index (χ1) is 6.12. The first-order valence-corrected chi connectivity index (χ1v) is 3.50. The summed E-state index contributed by atoms with van der Waals surface area (Å²) in [6.07, 6.45) is -10.2. The minimum Gasteiger partial charge on any atom is -0.327 e. The lowest BCUT2D eigenvalue weighted by atomic mass is 10.3. The lowest BCUT2D eigenvalue weighted by Crippen LogP contribution is -2.16. The second-order valence-electron chi connectivity index (χ2n) is 2.32. The van der Waals surface area contributed by atoms with Gasteiger partial charge in [-0.1, -0.05) is 0 Å². The zero-order chi connectivity index (χ0) is 11.1. The molecule has 0 bridgehead atoms. The van der Waals surface area contributed by atoms with Gasteiger partial charge in [-0.2, -0.15) is 26.3 Å². The van der Waals surface area contributed by atoms with Crippen molar-refractivity contribution in [1.82, 2.24) is 9.97 Å². The normalized spacial score (nSPS) is 13.3. The maximum absolute atomic E-state index is 12.0. The van der Waals surface area contributed by atoms with E-state index in [0.29, 0.717) is 0 Å². The molecule has 0 aliphatic rings. The number of aromatic nitrogens is 2. The quantitative estimate of drug-likeness (QED) is 0.526. The summed E-state index contributed by atoms with van der Waals surface area (Å²) in [5.41, 5.74) is -3.81. The van der Waals surface area contributed by atoms with Crippen LogP contribution in [-0.2, 0) is 12.4 Å². The highest BCUT2D eigenvalue weighted by molar-refractivity contribution is 7.71. The van der Waals surface area contributed by atoms with E-state index in [1.165, 1.54) is 9.97 Å². The average Bonchev–Trinajstić information content (AvgIpc) is 2.27. The van der Waals surface area contributed by atoms with Crippen LogP contribution in [0.25, 0.3) is 0 Å². The molecule has 2 nitrogen and oxygen atoms in total. The molecule has 0 saturated carbocycles. The number of imidazole rings is 1. The van der Waals surface area contributed by atoms with Crippen molar-refractivity contribution in [1.29, 1.82) is 0 Å². The van der Waals surface area contributed by atoms with Crippen molar-refractivity contribution in [3.8, 4) is 0 Å². The summed E-state index contributed by atoms with van der Waals surface area (Å²) in [4.78, 5) is 2.81. The van der Waals surface area contributed by atoms with Crippen molar-refractivity contribution in [2.75, 3.05) is 0 Å². The molecule has 0 amide bonds. The van der Waals surface area contributed by atoms with Gasteiger partial charge in [-0.15, -0.1) is 0 Å². The number of nitrogens with one attached hydrogen (secondary N) is 2. The van der Waals surface area contributed by atoms with E-state index < -0.39 is 28.5 Å². The average molecular weight is 236 g/mol. The van der Waals surface area contributed by atoms with Gasteiger partial charge < -0.3 is 9.97 Å². The Bertz CT molecular complexity index is 348. The highest BCUT2D eigenvalue weighted by Crippen LogP contribution is 2.37. The molecule has 0 aromatic carbocycles.